The summed E-state index contributed by atoms with van der Waals surface area (Å²) in [6.07, 6.45) is 2.20. The summed E-state index contributed by atoms with van der Waals surface area (Å²) in [5.41, 5.74) is 10.0. The third kappa shape index (κ3) is 6.15. The Morgan fingerprint density at radius 1 is 0.719 bits per heavy atom. The van der Waals surface area contributed by atoms with Gasteiger partial charge < -0.3 is 0 Å². The molecule has 0 aromatic heterocycles. The number of hydrogen-bond acceptors (Lipinski definition) is 2. The summed E-state index contributed by atoms with van der Waals surface area (Å²) >= 11 is 2.94. The Hall–Kier alpha value is -1.82. The molecular weight excluding hydrogens is 403 g/mol. The van der Waals surface area contributed by atoms with Crippen LogP contribution in [0.2, 0.25) is 0 Å². The van der Waals surface area contributed by atoms with Gasteiger partial charge in [-0.15, -0.1) is 0 Å². The zero-order chi connectivity index (χ0) is 24.2. The van der Waals surface area contributed by atoms with Gasteiger partial charge in [-0.1, -0.05) is 0 Å². The van der Waals surface area contributed by atoms with Gasteiger partial charge in [-0.05, 0) is 0 Å². The summed E-state index contributed by atoms with van der Waals surface area (Å²) < 4.78 is 2.27. The van der Waals surface area contributed by atoms with Crippen LogP contribution in [-0.2, 0) is 0 Å². The number of aliphatic imine (C=N–C) groups is 1. The Balaban J connectivity index is 2.55. The van der Waals surface area contributed by atoms with Crippen molar-refractivity contribution in [2.75, 3.05) is 3.88 Å². The van der Waals surface area contributed by atoms with Gasteiger partial charge in [0, 0.05) is 0 Å². The molecule has 0 spiro atoms. The van der Waals surface area contributed by atoms with E-state index >= 15 is 0 Å². The minimum absolute atomic E-state index is 0.440. The predicted molar refractivity (Wildman–Crippen MR) is 144 cm³/mol. The molecule has 2 aromatic rings. The Morgan fingerprint density at radius 2 is 1.09 bits per heavy atom. The number of rotatable bonds is 8. The van der Waals surface area contributed by atoms with Crippen molar-refractivity contribution < 1.29 is 0 Å². The minimum atomic E-state index is 0.440. The van der Waals surface area contributed by atoms with Crippen LogP contribution in [0.5, 0.6) is 0 Å². The Bertz CT molecular complexity index is 928. The first-order valence-corrected chi connectivity index (χ1v) is 12.5. The van der Waals surface area contributed by atoms with Gasteiger partial charge in [0.05, 0.1) is 0 Å². The molecule has 2 aromatic carbocycles. The van der Waals surface area contributed by atoms with E-state index in [9.17, 15) is 0 Å². The van der Waals surface area contributed by atoms with Gasteiger partial charge in [0.15, 0.2) is 0 Å². The maximum atomic E-state index is 5.14. The zero-order valence-corrected chi connectivity index (χ0v) is 23.0. The fraction of sp³-hybridized carbons (Fsp3) is 0.483. The van der Waals surface area contributed by atoms with Crippen molar-refractivity contribution in [1.29, 1.82) is 0 Å². The van der Waals surface area contributed by atoms with Crippen molar-refractivity contribution in [3.05, 3.63) is 70.4 Å². The Kier molecular flexibility index (Phi) is 9.38. The van der Waals surface area contributed by atoms with Gasteiger partial charge in [-0.3, -0.25) is 0 Å². The Morgan fingerprint density at radius 3 is 1.47 bits per heavy atom. The van der Waals surface area contributed by atoms with E-state index in [0.29, 0.717) is 23.7 Å². The molecule has 0 atom stereocenters. The van der Waals surface area contributed by atoms with Crippen LogP contribution in [0.15, 0.2) is 53.2 Å². The molecule has 2 nitrogen and oxygen atoms in total. The van der Waals surface area contributed by atoms with Gasteiger partial charge in [-0.25, -0.2) is 0 Å². The van der Waals surface area contributed by atoms with Gasteiger partial charge in [-0.2, -0.15) is 0 Å². The quantitative estimate of drug-likeness (QED) is 0.293. The van der Waals surface area contributed by atoms with E-state index in [0.717, 1.165) is 11.4 Å². The van der Waals surface area contributed by atoms with E-state index in [-0.39, 0.29) is 0 Å². The number of benzene rings is 2. The molecule has 32 heavy (non-hydrogen) atoms. The van der Waals surface area contributed by atoms with Crippen LogP contribution < -0.4 is 3.88 Å². The zero-order valence-electron chi connectivity index (χ0n) is 21.8. The van der Waals surface area contributed by atoms with Gasteiger partial charge in [0.2, 0.25) is 0 Å². The second kappa shape index (κ2) is 11.4. The van der Waals surface area contributed by atoms with E-state index in [2.05, 4.69) is 132 Å². The molecular formula is C29H41AlN2+2. The average Bonchev–Trinajstić information content (AvgIpc) is 2.71. The van der Waals surface area contributed by atoms with Crippen LogP contribution >= 0.6 is 0 Å². The average molecular weight is 445 g/mol. The van der Waals surface area contributed by atoms with Gasteiger partial charge in [0.1, 0.15) is 0 Å². The Labute approximate surface area is 205 Å². The molecule has 168 valence electrons. The number of allylic oxidation sites excluding steroid dienone is 2. The number of para-hydroxylation sites is 2. The van der Waals surface area contributed by atoms with Crippen LogP contribution in [-0.4, -0.2) is 22.2 Å². The van der Waals surface area contributed by atoms with Crippen LogP contribution in [0, 0.1) is 0 Å². The third-order valence-electron chi connectivity index (χ3n) is 6.01. The van der Waals surface area contributed by atoms with Gasteiger partial charge in [0.25, 0.3) is 0 Å². The molecule has 0 bridgehead atoms. The van der Waals surface area contributed by atoms with Crippen molar-refractivity contribution in [3.63, 3.8) is 0 Å². The van der Waals surface area contributed by atoms with Gasteiger partial charge >= 0.3 is 206 Å². The number of hydrogen-bond donors (Lipinski definition) is 0. The molecule has 0 fully saturated rings. The molecule has 0 unspecified atom stereocenters. The molecule has 0 N–H and O–H groups in total. The second-order valence-corrected chi connectivity index (χ2v) is 10.6. The van der Waals surface area contributed by atoms with E-state index < -0.39 is 0 Å². The second-order valence-electron chi connectivity index (χ2n) is 10.1. The SMILES string of the molecule is CC(/C=C(/C)[N]([Al+2])c1c(C(C)C)cccc1C(C)C)=Nc1c(C(C)C)cccc1C(C)C. The molecule has 2 rings (SSSR count). The summed E-state index contributed by atoms with van der Waals surface area (Å²) in [7, 11) is 0. The molecule has 0 heterocycles. The summed E-state index contributed by atoms with van der Waals surface area (Å²) in [5, 5.41) is 0. The molecule has 0 saturated carbocycles. The van der Waals surface area contributed by atoms with Crippen LogP contribution in [0.25, 0.3) is 0 Å². The summed E-state index contributed by atoms with van der Waals surface area (Å²) in [5.74, 6) is 1.80. The van der Waals surface area contributed by atoms with Crippen LogP contribution in [0.1, 0.15) is 115 Å². The molecule has 0 aliphatic rings. The molecule has 0 radical (unpaired) electrons. The monoisotopic (exact) mass is 444 g/mol. The van der Waals surface area contributed by atoms with E-state index in [1.165, 1.54) is 33.6 Å². The van der Waals surface area contributed by atoms with E-state index in [1.54, 1.807) is 0 Å². The fourth-order valence-corrected chi connectivity index (χ4v) is 4.56. The standard InChI is InChI=1S/C29H41N2.Al/c1-18(2)24-13-11-14-25(19(3)4)28(24)30-22(9)17-23(10)31-29-26(20(5)6)15-12-16-27(29)21(7)8;/h11-21H,1-10H3;/q-1;+3/b22-17-,31-23?;. The van der Waals surface area contributed by atoms with Crippen LogP contribution in [0.3, 0.4) is 0 Å². The molecule has 0 aliphatic carbocycles. The van der Waals surface area contributed by atoms with Crippen molar-refractivity contribution >= 4 is 33.6 Å². The van der Waals surface area contributed by atoms with Crippen LogP contribution in [0.4, 0.5) is 11.4 Å². The predicted octanol–water partition coefficient (Wildman–Crippen LogP) is 8.77. The number of nitrogens with zero attached hydrogens (tertiary/aromatic N) is 2. The fourth-order valence-electron chi connectivity index (χ4n) is 4.19. The molecule has 0 saturated heterocycles. The molecule has 0 amide bonds. The first kappa shape index (κ1) is 26.4. The summed E-state index contributed by atoms with van der Waals surface area (Å²) in [6, 6.07) is 13.3. The van der Waals surface area contributed by atoms with Crippen molar-refractivity contribution in [2.24, 2.45) is 4.99 Å². The van der Waals surface area contributed by atoms with Crippen molar-refractivity contribution in [2.45, 2.75) is 92.9 Å². The first-order chi connectivity index (χ1) is 15.0. The van der Waals surface area contributed by atoms with E-state index in [1.807, 2.05) is 0 Å². The maximum absolute atomic E-state index is 5.14. The summed E-state index contributed by atoms with van der Waals surface area (Å²) in [4.78, 5) is 5.14. The van der Waals surface area contributed by atoms with Crippen molar-refractivity contribution in [1.82, 2.24) is 0 Å². The molecule has 0 aliphatic heterocycles. The summed E-state index contributed by atoms with van der Waals surface area (Å²) in [6.45, 7) is 22.3. The third-order valence-corrected chi connectivity index (χ3v) is 6.68. The number of anilines is 1. The van der Waals surface area contributed by atoms with Crippen molar-refractivity contribution in [3.8, 4) is 0 Å². The topological polar surface area (TPSA) is 15.6 Å². The van der Waals surface area contributed by atoms with E-state index in [4.69, 9.17) is 4.99 Å². The molecule has 3 heteroatoms. The normalized spacial score (nSPS) is 13.1. The first-order valence-electron chi connectivity index (χ1n) is 12.0.